The van der Waals surface area contributed by atoms with E-state index in [0.717, 1.165) is 0 Å². The molecule has 0 atom stereocenters. The van der Waals surface area contributed by atoms with Gasteiger partial charge in [-0.05, 0) is 24.3 Å². The predicted molar refractivity (Wildman–Crippen MR) is 56.5 cm³/mol. The molecular formula is C11H12N2O3. The van der Waals surface area contributed by atoms with Crippen LogP contribution in [-0.4, -0.2) is 5.91 Å². The number of nitrogens with two attached hydrogens (primary N) is 1. The van der Waals surface area contributed by atoms with Crippen molar-refractivity contribution in [2.75, 3.05) is 0 Å². The lowest BCUT2D eigenvalue weighted by molar-refractivity contribution is 0.0918. The predicted octanol–water partition coefficient (Wildman–Crippen LogP) is 1.26. The lowest BCUT2D eigenvalue weighted by Crippen LogP contribution is -2.21. The van der Waals surface area contributed by atoms with Gasteiger partial charge < -0.3 is 19.9 Å². The van der Waals surface area contributed by atoms with Crippen LogP contribution in [0, 0.1) is 0 Å². The van der Waals surface area contributed by atoms with E-state index < -0.39 is 0 Å². The molecule has 0 radical (unpaired) electrons. The van der Waals surface area contributed by atoms with E-state index in [-0.39, 0.29) is 18.2 Å². The largest absolute Gasteiger partial charge is 0.467 e. The van der Waals surface area contributed by atoms with Crippen molar-refractivity contribution in [3.05, 3.63) is 47.8 Å². The minimum Gasteiger partial charge on any atom is -0.467 e. The maximum absolute atomic E-state index is 11.6. The Kier molecular flexibility index (Phi) is 3.07. The first-order valence-corrected chi connectivity index (χ1v) is 4.89. The molecule has 3 N–H and O–H groups in total. The van der Waals surface area contributed by atoms with E-state index in [0.29, 0.717) is 18.1 Å². The summed E-state index contributed by atoms with van der Waals surface area (Å²) in [5.74, 6) is 1.25. The van der Waals surface area contributed by atoms with Crippen LogP contribution >= 0.6 is 0 Å². The summed E-state index contributed by atoms with van der Waals surface area (Å²) in [6.07, 6.45) is 1.56. The maximum atomic E-state index is 11.6. The fraction of sp³-hybridized carbons (Fsp3) is 0.182. The number of hydrogen-bond donors (Lipinski definition) is 2. The van der Waals surface area contributed by atoms with Crippen molar-refractivity contribution < 1.29 is 13.6 Å². The molecular weight excluding hydrogens is 208 g/mol. The van der Waals surface area contributed by atoms with E-state index in [4.69, 9.17) is 14.6 Å². The fourth-order valence-electron chi connectivity index (χ4n) is 1.28. The number of carbonyl (C=O) groups is 1. The zero-order valence-electron chi connectivity index (χ0n) is 8.60. The Morgan fingerprint density at radius 3 is 2.81 bits per heavy atom. The third-order valence-corrected chi connectivity index (χ3v) is 2.09. The Hall–Kier alpha value is -2.01. The smallest absolute Gasteiger partial charge is 0.287 e. The lowest BCUT2D eigenvalue weighted by atomic mass is 10.4. The SMILES string of the molecule is NCc1ccc(C(=O)NCc2ccco2)o1. The number of hydrogen-bond acceptors (Lipinski definition) is 4. The maximum Gasteiger partial charge on any atom is 0.287 e. The van der Waals surface area contributed by atoms with E-state index in [1.807, 2.05) is 0 Å². The summed E-state index contributed by atoms with van der Waals surface area (Å²) in [6.45, 7) is 0.621. The summed E-state index contributed by atoms with van der Waals surface area (Å²) in [5, 5.41) is 2.67. The Bertz CT molecular complexity index is 459. The molecule has 1 amide bonds. The zero-order chi connectivity index (χ0) is 11.4. The molecule has 5 heteroatoms. The summed E-state index contributed by atoms with van der Waals surface area (Å²) in [6, 6.07) is 6.83. The van der Waals surface area contributed by atoms with Crippen molar-refractivity contribution >= 4 is 5.91 Å². The van der Waals surface area contributed by atoms with Gasteiger partial charge in [-0.25, -0.2) is 0 Å². The molecule has 16 heavy (non-hydrogen) atoms. The summed E-state index contributed by atoms with van der Waals surface area (Å²) in [4.78, 5) is 11.6. The average Bonchev–Trinajstić information content (AvgIpc) is 2.96. The van der Waals surface area contributed by atoms with Crippen LogP contribution in [0.2, 0.25) is 0 Å². The van der Waals surface area contributed by atoms with Crippen LogP contribution in [0.15, 0.2) is 39.4 Å². The molecule has 0 aliphatic rings. The van der Waals surface area contributed by atoms with Crippen molar-refractivity contribution in [1.82, 2.24) is 5.32 Å². The third-order valence-electron chi connectivity index (χ3n) is 2.09. The van der Waals surface area contributed by atoms with Gasteiger partial charge in [0.1, 0.15) is 11.5 Å². The summed E-state index contributed by atoms with van der Waals surface area (Å²) < 4.78 is 10.3. The van der Waals surface area contributed by atoms with Gasteiger partial charge in [-0.1, -0.05) is 0 Å². The number of rotatable bonds is 4. The highest BCUT2D eigenvalue weighted by Crippen LogP contribution is 2.07. The van der Waals surface area contributed by atoms with E-state index >= 15 is 0 Å². The summed E-state index contributed by atoms with van der Waals surface area (Å²) in [5.41, 5.74) is 5.37. The molecule has 0 spiro atoms. The Balaban J connectivity index is 1.93. The molecule has 2 rings (SSSR count). The first-order chi connectivity index (χ1) is 7.79. The van der Waals surface area contributed by atoms with Gasteiger partial charge in [-0.3, -0.25) is 4.79 Å². The lowest BCUT2D eigenvalue weighted by Gasteiger charge is -1.99. The minimum atomic E-state index is -0.281. The molecule has 0 saturated heterocycles. The van der Waals surface area contributed by atoms with Crippen molar-refractivity contribution in [2.45, 2.75) is 13.1 Å². The van der Waals surface area contributed by atoms with Gasteiger partial charge in [-0.15, -0.1) is 0 Å². The molecule has 0 aliphatic heterocycles. The van der Waals surface area contributed by atoms with Crippen molar-refractivity contribution in [3.8, 4) is 0 Å². The summed E-state index contributed by atoms with van der Waals surface area (Å²) in [7, 11) is 0. The van der Waals surface area contributed by atoms with Crippen LogP contribution in [-0.2, 0) is 13.1 Å². The molecule has 5 nitrogen and oxygen atoms in total. The van der Waals surface area contributed by atoms with Crippen molar-refractivity contribution in [3.63, 3.8) is 0 Å². The van der Waals surface area contributed by atoms with Gasteiger partial charge in [0.25, 0.3) is 5.91 Å². The molecule has 0 fully saturated rings. The molecule has 2 heterocycles. The summed E-state index contributed by atoms with van der Waals surface area (Å²) >= 11 is 0. The number of furan rings is 2. The van der Waals surface area contributed by atoms with E-state index in [1.165, 1.54) is 0 Å². The highest BCUT2D eigenvalue weighted by molar-refractivity contribution is 5.91. The molecule has 0 bridgehead atoms. The highest BCUT2D eigenvalue weighted by Gasteiger charge is 2.10. The Morgan fingerprint density at radius 1 is 1.31 bits per heavy atom. The van der Waals surface area contributed by atoms with Gasteiger partial charge in [-0.2, -0.15) is 0 Å². The van der Waals surface area contributed by atoms with Crippen LogP contribution in [0.5, 0.6) is 0 Å². The molecule has 0 aliphatic carbocycles. The van der Waals surface area contributed by atoms with Gasteiger partial charge in [0.05, 0.1) is 19.4 Å². The van der Waals surface area contributed by atoms with Crippen LogP contribution in [0.1, 0.15) is 22.1 Å². The van der Waals surface area contributed by atoms with Crippen LogP contribution < -0.4 is 11.1 Å². The van der Waals surface area contributed by atoms with Crippen molar-refractivity contribution in [2.24, 2.45) is 5.73 Å². The number of nitrogens with one attached hydrogen (secondary N) is 1. The minimum absolute atomic E-state index is 0.256. The number of amides is 1. The molecule has 0 saturated carbocycles. The van der Waals surface area contributed by atoms with E-state index in [2.05, 4.69) is 5.32 Å². The molecule has 84 valence electrons. The highest BCUT2D eigenvalue weighted by atomic mass is 16.4. The topological polar surface area (TPSA) is 81.4 Å². The monoisotopic (exact) mass is 220 g/mol. The van der Waals surface area contributed by atoms with E-state index in [9.17, 15) is 4.79 Å². The third kappa shape index (κ3) is 2.32. The molecule has 0 aromatic carbocycles. The zero-order valence-corrected chi connectivity index (χ0v) is 8.60. The molecule has 2 aromatic heterocycles. The first-order valence-electron chi connectivity index (χ1n) is 4.89. The van der Waals surface area contributed by atoms with Gasteiger partial charge in [0, 0.05) is 0 Å². The Morgan fingerprint density at radius 2 is 2.19 bits per heavy atom. The molecule has 2 aromatic rings. The van der Waals surface area contributed by atoms with Crippen LogP contribution in [0.4, 0.5) is 0 Å². The Labute approximate surface area is 92.2 Å². The van der Waals surface area contributed by atoms with Crippen molar-refractivity contribution in [1.29, 1.82) is 0 Å². The van der Waals surface area contributed by atoms with Gasteiger partial charge >= 0.3 is 0 Å². The second kappa shape index (κ2) is 4.67. The second-order valence-electron chi connectivity index (χ2n) is 3.23. The van der Waals surface area contributed by atoms with Crippen LogP contribution in [0.3, 0.4) is 0 Å². The quantitative estimate of drug-likeness (QED) is 0.812. The first kappa shape index (κ1) is 10.5. The molecule has 0 unspecified atom stereocenters. The average molecular weight is 220 g/mol. The second-order valence-corrected chi connectivity index (χ2v) is 3.23. The van der Waals surface area contributed by atoms with Crippen LogP contribution in [0.25, 0.3) is 0 Å². The fourth-order valence-corrected chi connectivity index (χ4v) is 1.28. The van der Waals surface area contributed by atoms with Gasteiger partial charge in [0.15, 0.2) is 5.76 Å². The van der Waals surface area contributed by atoms with Gasteiger partial charge in [0.2, 0.25) is 0 Å². The normalized spacial score (nSPS) is 10.3. The van der Waals surface area contributed by atoms with E-state index in [1.54, 1.807) is 30.5 Å². The standard InChI is InChI=1S/C11H12N2O3/c12-6-8-3-4-10(16-8)11(14)13-7-9-2-1-5-15-9/h1-5H,6-7,12H2,(H,13,14). The number of carbonyl (C=O) groups excluding carboxylic acids is 1.